The topological polar surface area (TPSA) is 86.2 Å². The third kappa shape index (κ3) is 3.54. The fourth-order valence-corrected chi connectivity index (χ4v) is 2.83. The highest BCUT2D eigenvalue weighted by atomic mass is 16.5. The first kappa shape index (κ1) is 17.2. The molecule has 0 saturated carbocycles. The normalized spacial score (nSPS) is 11.2. The Bertz CT molecular complexity index is 1030. The second-order valence-corrected chi connectivity index (χ2v) is 6.29. The van der Waals surface area contributed by atoms with Crippen molar-refractivity contribution in [2.45, 2.75) is 26.9 Å². The summed E-state index contributed by atoms with van der Waals surface area (Å²) in [4.78, 5) is 5.91. The Labute approximate surface area is 156 Å². The summed E-state index contributed by atoms with van der Waals surface area (Å²) in [6, 6.07) is 13.4. The highest BCUT2D eigenvalue weighted by Crippen LogP contribution is 2.26. The molecule has 7 nitrogen and oxygen atoms in total. The van der Waals surface area contributed by atoms with E-state index in [2.05, 4.69) is 15.2 Å². The predicted octanol–water partition coefficient (Wildman–Crippen LogP) is 3.14. The van der Waals surface area contributed by atoms with E-state index in [0.717, 1.165) is 28.1 Å². The lowest BCUT2D eigenvalue weighted by Crippen LogP contribution is -2.05. The Hall–Kier alpha value is -3.19. The van der Waals surface area contributed by atoms with Crippen LogP contribution in [0.3, 0.4) is 0 Å². The molecule has 0 aliphatic heterocycles. The van der Waals surface area contributed by atoms with Crippen LogP contribution in [-0.2, 0) is 13.0 Å². The molecule has 0 bridgehead atoms. The molecule has 0 fully saturated rings. The van der Waals surface area contributed by atoms with Crippen LogP contribution in [0.25, 0.3) is 16.7 Å². The van der Waals surface area contributed by atoms with Gasteiger partial charge >= 0.3 is 0 Å². The van der Waals surface area contributed by atoms with Crippen molar-refractivity contribution >= 4 is 11.0 Å². The Morgan fingerprint density at radius 2 is 1.81 bits per heavy atom. The maximum Gasteiger partial charge on any atom is 0.232 e. The minimum atomic E-state index is 0.0724. The average Bonchev–Trinajstić information content (AvgIpc) is 3.24. The Kier molecular flexibility index (Phi) is 4.60. The van der Waals surface area contributed by atoms with Gasteiger partial charge in [0.25, 0.3) is 0 Å². The zero-order valence-electron chi connectivity index (χ0n) is 15.2. The minimum absolute atomic E-state index is 0.0724. The highest BCUT2D eigenvalue weighted by molar-refractivity contribution is 5.73. The van der Waals surface area contributed by atoms with Gasteiger partial charge in [-0.2, -0.15) is 0 Å². The fraction of sp³-hybridized carbons (Fsp3) is 0.250. The van der Waals surface area contributed by atoms with E-state index < -0.39 is 0 Å². The van der Waals surface area contributed by atoms with Crippen LogP contribution in [0.2, 0.25) is 0 Å². The fourth-order valence-electron chi connectivity index (χ4n) is 2.83. The van der Waals surface area contributed by atoms with Gasteiger partial charge in [-0.3, -0.25) is 0 Å². The summed E-state index contributed by atoms with van der Waals surface area (Å²) in [5.74, 6) is 1.92. The summed E-state index contributed by atoms with van der Waals surface area (Å²) in [5, 5.41) is 18.3. The standard InChI is InChI=1S/C20H20N4O3/c1-13-14(2)27-20(21-13)12-26-19-8-7-15(9-10-25)11-18(19)24-22-16-5-3-4-6-17(16)23-24/h3-8,11,25H,9-10,12H2,1-2H3. The number of hydrogen-bond donors (Lipinski definition) is 1. The Balaban J connectivity index is 1.69. The lowest BCUT2D eigenvalue weighted by molar-refractivity contribution is 0.259. The average molecular weight is 364 g/mol. The largest absolute Gasteiger partial charge is 0.482 e. The van der Waals surface area contributed by atoms with Crippen molar-refractivity contribution in [1.29, 1.82) is 0 Å². The zero-order chi connectivity index (χ0) is 18.8. The van der Waals surface area contributed by atoms with E-state index in [9.17, 15) is 5.11 Å². The van der Waals surface area contributed by atoms with E-state index in [1.807, 2.05) is 56.3 Å². The lowest BCUT2D eigenvalue weighted by atomic mass is 10.1. The second kappa shape index (κ2) is 7.20. The molecule has 0 unspecified atom stereocenters. The number of aryl methyl sites for hydroxylation is 2. The van der Waals surface area contributed by atoms with Gasteiger partial charge in [-0.15, -0.1) is 15.0 Å². The van der Waals surface area contributed by atoms with Gasteiger partial charge in [0.15, 0.2) is 6.61 Å². The van der Waals surface area contributed by atoms with Crippen LogP contribution in [0.1, 0.15) is 22.9 Å². The maximum atomic E-state index is 9.26. The number of hydrogen-bond acceptors (Lipinski definition) is 6. The smallest absolute Gasteiger partial charge is 0.232 e. The molecule has 0 amide bonds. The van der Waals surface area contributed by atoms with E-state index in [-0.39, 0.29) is 13.2 Å². The van der Waals surface area contributed by atoms with Crippen LogP contribution in [-0.4, -0.2) is 31.7 Å². The first-order chi connectivity index (χ1) is 13.1. The number of aliphatic hydroxyl groups is 1. The quantitative estimate of drug-likeness (QED) is 0.566. The molecular weight excluding hydrogens is 344 g/mol. The molecule has 1 N–H and O–H groups in total. The molecule has 7 heteroatoms. The van der Waals surface area contributed by atoms with Gasteiger partial charge < -0.3 is 14.3 Å². The summed E-state index contributed by atoms with van der Waals surface area (Å²) in [6.07, 6.45) is 0.548. The number of benzene rings is 2. The minimum Gasteiger partial charge on any atom is -0.482 e. The molecule has 138 valence electrons. The van der Waals surface area contributed by atoms with Crippen molar-refractivity contribution in [2.24, 2.45) is 0 Å². The molecule has 4 aromatic rings. The van der Waals surface area contributed by atoms with Crippen LogP contribution in [0.5, 0.6) is 5.75 Å². The molecule has 0 spiro atoms. The van der Waals surface area contributed by atoms with Crippen LogP contribution < -0.4 is 4.74 Å². The van der Waals surface area contributed by atoms with Crippen molar-refractivity contribution in [3.8, 4) is 11.4 Å². The predicted molar refractivity (Wildman–Crippen MR) is 100.0 cm³/mol. The number of fused-ring (bicyclic) bond motifs is 1. The molecular formula is C20H20N4O3. The molecule has 2 aromatic heterocycles. The highest BCUT2D eigenvalue weighted by Gasteiger charge is 2.13. The molecule has 0 aliphatic rings. The monoisotopic (exact) mass is 364 g/mol. The third-order valence-electron chi connectivity index (χ3n) is 4.35. The molecule has 27 heavy (non-hydrogen) atoms. The van der Waals surface area contributed by atoms with Crippen molar-refractivity contribution in [1.82, 2.24) is 20.0 Å². The molecule has 2 aromatic carbocycles. The van der Waals surface area contributed by atoms with Gasteiger partial charge in [-0.25, -0.2) is 4.98 Å². The Morgan fingerprint density at radius 1 is 1.07 bits per heavy atom. The van der Waals surface area contributed by atoms with E-state index in [1.54, 1.807) is 4.80 Å². The summed E-state index contributed by atoms with van der Waals surface area (Å²) in [7, 11) is 0. The zero-order valence-corrected chi connectivity index (χ0v) is 15.2. The van der Waals surface area contributed by atoms with E-state index >= 15 is 0 Å². The van der Waals surface area contributed by atoms with Gasteiger partial charge in [0, 0.05) is 6.61 Å². The van der Waals surface area contributed by atoms with E-state index in [0.29, 0.717) is 23.7 Å². The maximum absolute atomic E-state index is 9.26. The van der Waals surface area contributed by atoms with E-state index in [4.69, 9.17) is 9.15 Å². The molecule has 4 rings (SSSR count). The first-order valence-corrected chi connectivity index (χ1v) is 8.76. The molecule has 0 radical (unpaired) electrons. The number of nitrogens with zero attached hydrogens (tertiary/aromatic N) is 4. The van der Waals surface area contributed by atoms with Crippen molar-refractivity contribution in [3.63, 3.8) is 0 Å². The molecule has 2 heterocycles. The Morgan fingerprint density at radius 3 is 2.44 bits per heavy atom. The number of oxazole rings is 1. The van der Waals surface area contributed by atoms with Crippen LogP contribution >= 0.6 is 0 Å². The van der Waals surface area contributed by atoms with Crippen molar-refractivity contribution in [2.75, 3.05) is 6.61 Å². The van der Waals surface area contributed by atoms with Gasteiger partial charge in [-0.05, 0) is 50.1 Å². The lowest BCUT2D eigenvalue weighted by Gasteiger charge is -2.11. The molecule has 0 aliphatic carbocycles. The van der Waals surface area contributed by atoms with E-state index in [1.165, 1.54) is 0 Å². The SMILES string of the molecule is Cc1nc(COc2ccc(CCO)cc2-n2nc3ccccc3n2)oc1C. The summed E-state index contributed by atoms with van der Waals surface area (Å²) < 4.78 is 11.5. The van der Waals surface area contributed by atoms with Crippen molar-refractivity contribution in [3.05, 3.63) is 65.4 Å². The van der Waals surface area contributed by atoms with Crippen LogP contribution in [0.4, 0.5) is 0 Å². The molecule has 0 saturated heterocycles. The third-order valence-corrected chi connectivity index (χ3v) is 4.35. The van der Waals surface area contributed by atoms with Crippen molar-refractivity contribution < 1.29 is 14.3 Å². The second-order valence-electron chi connectivity index (χ2n) is 6.29. The summed E-state index contributed by atoms with van der Waals surface area (Å²) in [6.45, 7) is 4.06. The number of ether oxygens (including phenoxy) is 1. The van der Waals surface area contributed by atoms with Crippen LogP contribution in [0, 0.1) is 13.8 Å². The van der Waals surface area contributed by atoms with Gasteiger partial charge in [-0.1, -0.05) is 18.2 Å². The summed E-state index contributed by atoms with van der Waals surface area (Å²) in [5.41, 5.74) is 4.14. The van der Waals surface area contributed by atoms with Crippen LogP contribution in [0.15, 0.2) is 46.9 Å². The van der Waals surface area contributed by atoms with Gasteiger partial charge in [0.2, 0.25) is 5.89 Å². The van der Waals surface area contributed by atoms with Gasteiger partial charge in [0.05, 0.1) is 5.69 Å². The first-order valence-electron chi connectivity index (χ1n) is 8.76. The summed E-state index contributed by atoms with van der Waals surface area (Å²) >= 11 is 0. The number of aliphatic hydroxyl groups excluding tert-OH is 1. The number of aromatic nitrogens is 4. The molecule has 0 atom stereocenters. The number of rotatable bonds is 6. The van der Waals surface area contributed by atoms with Gasteiger partial charge in [0.1, 0.15) is 28.2 Å².